The van der Waals surface area contributed by atoms with E-state index >= 15 is 0 Å². The molecule has 3 heterocycles. The van der Waals surface area contributed by atoms with Crippen LogP contribution in [0.1, 0.15) is 438 Å². The summed E-state index contributed by atoms with van der Waals surface area (Å²) in [5, 5.41) is 122. The topological polar surface area (TPSA) is 307 Å². The lowest BCUT2D eigenvalue weighted by molar-refractivity contribution is -0.379. The monoisotopic (exact) mass is 1660 g/mol. The molecule has 3 saturated heterocycles. The van der Waals surface area contributed by atoms with Gasteiger partial charge in [-0.05, 0) is 51.4 Å². The Labute approximate surface area is 713 Å². The second-order valence-electron chi connectivity index (χ2n) is 35.2. The molecule has 12 N–H and O–H groups in total. The molecular weight excluding hydrogens is 1480 g/mol. The van der Waals surface area contributed by atoms with E-state index in [1.54, 1.807) is 0 Å². The largest absolute Gasteiger partial charge is 0.394 e. The Balaban J connectivity index is 1.27. The van der Waals surface area contributed by atoms with Crippen LogP contribution >= 0.6 is 0 Å². The van der Waals surface area contributed by atoms with Gasteiger partial charge in [-0.1, -0.05) is 428 Å². The first kappa shape index (κ1) is 109. The minimum Gasteiger partial charge on any atom is -0.394 e. The molecule has 0 spiro atoms. The highest BCUT2D eigenvalue weighted by atomic mass is 16.8. The van der Waals surface area contributed by atoms with E-state index in [1.165, 1.54) is 334 Å². The van der Waals surface area contributed by atoms with Crippen molar-refractivity contribution in [1.29, 1.82) is 0 Å². The van der Waals surface area contributed by atoms with Gasteiger partial charge >= 0.3 is 0 Å². The number of carbonyl (C=O) groups is 1. The summed E-state index contributed by atoms with van der Waals surface area (Å²) in [6, 6.07) is -0.888. The third kappa shape index (κ3) is 55.0. The predicted octanol–water partition coefficient (Wildman–Crippen LogP) is 20.3. The third-order valence-corrected chi connectivity index (χ3v) is 24.7. The van der Waals surface area contributed by atoms with Gasteiger partial charge in [-0.3, -0.25) is 4.79 Å². The van der Waals surface area contributed by atoms with Crippen molar-refractivity contribution >= 4 is 5.91 Å². The van der Waals surface area contributed by atoms with E-state index in [1.807, 2.05) is 0 Å². The van der Waals surface area contributed by atoms with Gasteiger partial charge in [-0.2, -0.15) is 0 Å². The lowest BCUT2D eigenvalue weighted by Gasteiger charge is -2.48. The number of allylic oxidation sites excluding steroid dienone is 8. The van der Waals surface area contributed by atoms with E-state index in [0.29, 0.717) is 12.8 Å². The minimum atomic E-state index is -1.97. The molecule has 3 rings (SSSR count). The first-order valence-electron chi connectivity index (χ1n) is 49.4. The highest BCUT2D eigenvalue weighted by molar-refractivity contribution is 5.76. The maximum Gasteiger partial charge on any atom is 0.220 e. The van der Waals surface area contributed by atoms with Crippen molar-refractivity contribution in [3.8, 4) is 0 Å². The van der Waals surface area contributed by atoms with Crippen LogP contribution in [0, 0.1) is 0 Å². The van der Waals surface area contributed by atoms with Crippen molar-refractivity contribution in [3.05, 3.63) is 48.6 Å². The van der Waals surface area contributed by atoms with Gasteiger partial charge in [0.1, 0.15) is 73.2 Å². The molecule has 0 saturated carbocycles. The summed E-state index contributed by atoms with van der Waals surface area (Å²) in [4.78, 5) is 13.6. The van der Waals surface area contributed by atoms with Crippen LogP contribution in [0.15, 0.2) is 48.6 Å². The van der Waals surface area contributed by atoms with Crippen LogP contribution < -0.4 is 5.32 Å². The number of hydrogen-bond donors (Lipinski definition) is 12. The average Bonchev–Trinajstić information content (AvgIpc) is 0.778. The summed E-state index contributed by atoms with van der Waals surface area (Å²) in [6.45, 7) is 1.77. The molecule has 17 unspecified atom stereocenters. The minimum absolute atomic E-state index is 0.232. The zero-order valence-corrected chi connectivity index (χ0v) is 74.7. The van der Waals surface area contributed by atoms with Gasteiger partial charge in [0.2, 0.25) is 5.91 Å². The predicted molar refractivity (Wildman–Crippen MR) is 476 cm³/mol. The molecule has 0 aromatic carbocycles. The van der Waals surface area contributed by atoms with Gasteiger partial charge in [0.05, 0.1) is 38.6 Å². The normalized spacial score (nSPS) is 24.5. The molecular formula is C98H183NO18. The standard InChI is InChI=1S/C98H183NO18/c1-3-5-7-9-11-13-15-17-19-21-23-25-27-29-31-33-35-36-37-38-39-40-41-42-43-44-46-48-50-52-54-56-58-60-62-64-66-68-70-72-74-76-86(104)99-81(82(103)75-73-71-69-67-65-63-61-59-57-55-53-51-49-47-45-34-32-30-28-26-24-22-20-18-16-14-12-10-8-6-4-2)80-112-96-92(110)89(107)94(84(78-101)114-96)117-98-93(111)90(108)95(85(79-102)115-98)116-97-91(109)88(106)87(105)83(77-100)113-97/h5,7,11,13,17,19,23,25,81-85,87-98,100-103,105-111H,3-4,6,8-10,12,14-16,18,20-22,24,26-80H2,1-2H3,(H,99,104)/b7-5-,13-11-,19-17-,25-23-. The van der Waals surface area contributed by atoms with E-state index in [0.717, 1.165) is 70.6 Å². The molecule has 3 aliphatic heterocycles. The Bertz CT molecular complexity index is 2290. The Morgan fingerprint density at radius 2 is 0.590 bits per heavy atom. The molecule has 117 heavy (non-hydrogen) atoms. The maximum atomic E-state index is 13.6. The summed E-state index contributed by atoms with van der Waals surface area (Å²) in [5.41, 5.74) is 0. The average molecular weight is 1660 g/mol. The fourth-order valence-corrected chi connectivity index (χ4v) is 16.9. The zero-order chi connectivity index (χ0) is 84.5. The molecule has 0 aromatic rings. The maximum absolute atomic E-state index is 13.6. The summed E-state index contributed by atoms with van der Waals surface area (Å²) in [7, 11) is 0. The van der Waals surface area contributed by atoms with Crippen LogP contribution in [0.3, 0.4) is 0 Å². The van der Waals surface area contributed by atoms with Crippen molar-refractivity contribution in [3.63, 3.8) is 0 Å². The molecule has 1 amide bonds. The van der Waals surface area contributed by atoms with E-state index in [2.05, 4.69) is 67.8 Å². The quantitative estimate of drug-likeness (QED) is 0.0199. The molecule has 688 valence electrons. The van der Waals surface area contributed by atoms with Crippen LogP contribution in [-0.4, -0.2) is 193 Å². The van der Waals surface area contributed by atoms with Gasteiger partial charge in [-0.15, -0.1) is 0 Å². The summed E-state index contributed by atoms with van der Waals surface area (Å²) in [5.74, 6) is -0.232. The van der Waals surface area contributed by atoms with Crippen molar-refractivity contribution < 1.29 is 89.4 Å². The first-order chi connectivity index (χ1) is 57.3. The molecule has 3 aliphatic rings. The van der Waals surface area contributed by atoms with Crippen LogP contribution in [-0.2, 0) is 33.2 Å². The third-order valence-electron chi connectivity index (χ3n) is 24.7. The zero-order valence-electron chi connectivity index (χ0n) is 74.7. The molecule has 19 heteroatoms. The van der Waals surface area contributed by atoms with Crippen LogP contribution in [0.2, 0.25) is 0 Å². The Morgan fingerprint density at radius 3 is 0.923 bits per heavy atom. The number of nitrogens with one attached hydrogen (secondary N) is 1. The number of rotatable bonds is 82. The van der Waals surface area contributed by atoms with Gasteiger partial charge in [-0.25, -0.2) is 0 Å². The molecule has 0 aliphatic carbocycles. The first-order valence-corrected chi connectivity index (χ1v) is 49.4. The molecule has 19 nitrogen and oxygen atoms in total. The SMILES string of the molecule is CC/C=C\C/C=C\C/C=C\C/C=C\CCCCCCCCCCCCCCCCCCCCCCCCCCCCCCC(=O)NC(COC1OC(CO)C(OC2OC(CO)C(OC3OC(CO)C(O)C(O)C3O)C(O)C2O)C(O)C1O)C(O)CCCCCCCCCCCCCCCCCCCCCCCCCCCCCCCCC. The number of amides is 1. The van der Waals surface area contributed by atoms with Gasteiger partial charge in [0, 0.05) is 6.42 Å². The number of aliphatic hydroxyl groups is 11. The van der Waals surface area contributed by atoms with Crippen LogP contribution in [0.25, 0.3) is 0 Å². The van der Waals surface area contributed by atoms with Gasteiger partial charge in [0.25, 0.3) is 0 Å². The summed E-state index contributed by atoms with van der Waals surface area (Å²) < 4.78 is 34.7. The molecule has 0 aromatic heterocycles. The van der Waals surface area contributed by atoms with E-state index < -0.39 is 124 Å². The van der Waals surface area contributed by atoms with Gasteiger partial charge < -0.3 is 89.9 Å². The molecule has 0 radical (unpaired) electrons. The van der Waals surface area contributed by atoms with Crippen molar-refractivity contribution in [2.75, 3.05) is 26.4 Å². The van der Waals surface area contributed by atoms with Crippen LogP contribution in [0.4, 0.5) is 0 Å². The van der Waals surface area contributed by atoms with Crippen molar-refractivity contribution in [2.24, 2.45) is 0 Å². The number of aliphatic hydroxyl groups excluding tert-OH is 11. The second kappa shape index (κ2) is 77.3. The van der Waals surface area contributed by atoms with Crippen LogP contribution in [0.5, 0.6) is 0 Å². The highest BCUT2D eigenvalue weighted by Gasteiger charge is 2.54. The smallest absolute Gasteiger partial charge is 0.220 e. The summed E-state index contributed by atoms with van der Waals surface area (Å²) in [6.07, 6.45) is 75.4. The summed E-state index contributed by atoms with van der Waals surface area (Å²) >= 11 is 0. The molecule has 3 fully saturated rings. The lowest BCUT2D eigenvalue weighted by atomic mass is 9.96. The van der Waals surface area contributed by atoms with Crippen molar-refractivity contribution in [2.45, 2.75) is 542 Å². The van der Waals surface area contributed by atoms with E-state index in [-0.39, 0.29) is 18.9 Å². The Kier molecular flexibility index (Phi) is 72.0. The number of hydrogen-bond acceptors (Lipinski definition) is 18. The van der Waals surface area contributed by atoms with Crippen molar-refractivity contribution in [1.82, 2.24) is 5.32 Å². The number of carbonyl (C=O) groups excluding carboxylic acids is 1. The lowest BCUT2D eigenvalue weighted by Crippen LogP contribution is -2.66. The number of ether oxygens (including phenoxy) is 6. The fourth-order valence-electron chi connectivity index (χ4n) is 16.9. The molecule has 0 bridgehead atoms. The fraction of sp³-hybridized carbons (Fsp3) is 0.908. The highest BCUT2D eigenvalue weighted by Crippen LogP contribution is 2.34. The number of unbranched alkanes of at least 4 members (excludes halogenated alkanes) is 58. The Hall–Kier alpha value is -2.25. The Morgan fingerprint density at radius 1 is 0.316 bits per heavy atom. The van der Waals surface area contributed by atoms with E-state index in [4.69, 9.17) is 28.4 Å². The van der Waals surface area contributed by atoms with Gasteiger partial charge in [0.15, 0.2) is 18.9 Å². The van der Waals surface area contributed by atoms with E-state index in [9.17, 15) is 61.0 Å². The molecule has 17 atom stereocenters. The second-order valence-corrected chi connectivity index (χ2v) is 35.2.